The van der Waals surface area contributed by atoms with Gasteiger partial charge < -0.3 is 0 Å². The van der Waals surface area contributed by atoms with Crippen LogP contribution in [0.1, 0.15) is 31.8 Å². The zero-order chi connectivity index (χ0) is 14.4. The third-order valence-corrected chi connectivity index (χ3v) is 3.86. The lowest BCUT2D eigenvalue weighted by Gasteiger charge is -2.14. The molecule has 1 heterocycles. The summed E-state index contributed by atoms with van der Waals surface area (Å²) in [5.41, 5.74) is 3.25. The summed E-state index contributed by atoms with van der Waals surface area (Å²) in [7, 11) is 0. The van der Waals surface area contributed by atoms with E-state index in [-0.39, 0.29) is 11.8 Å². The molecule has 4 heteroatoms. The van der Waals surface area contributed by atoms with Crippen LogP contribution in [0.5, 0.6) is 0 Å². The molecule has 0 atom stereocenters. The topological polar surface area (TPSA) is 37.4 Å². The van der Waals surface area contributed by atoms with E-state index >= 15 is 0 Å². The first kappa shape index (κ1) is 12.9. The number of carbonyl (C=O) groups is 2. The molecule has 0 fully saturated rings. The maximum absolute atomic E-state index is 12.4. The van der Waals surface area contributed by atoms with Gasteiger partial charge in [-0.25, -0.2) is 4.90 Å². The maximum atomic E-state index is 12.4. The molecule has 0 bridgehead atoms. The van der Waals surface area contributed by atoms with Crippen molar-refractivity contribution in [1.29, 1.82) is 0 Å². The Morgan fingerprint density at radius 3 is 2.30 bits per heavy atom. The van der Waals surface area contributed by atoms with Crippen molar-refractivity contribution >= 4 is 29.1 Å². The SMILES string of the molecule is Cc1ccc2c(c1)C(=O)N(c1ccc(C)c(Cl)c1)C2=O. The van der Waals surface area contributed by atoms with Crippen LogP contribution in [0.25, 0.3) is 0 Å². The van der Waals surface area contributed by atoms with E-state index in [1.807, 2.05) is 19.9 Å². The normalized spacial score (nSPS) is 13.8. The lowest BCUT2D eigenvalue weighted by Crippen LogP contribution is -2.29. The molecular formula is C16H12ClNO2. The van der Waals surface area contributed by atoms with Crippen molar-refractivity contribution in [2.45, 2.75) is 13.8 Å². The molecule has 2 amide bonds. The van der Waals surface area contributed by atoms with Gasteiger partial charge in [0, 0.05) is 5.02 Å². The highest BCUT2D eigenvalue weighted by molar-refractivity contribution is 6.35. The molecule has 0 saturated carbocycles. The zero-order valence-corrected chi connectivity index (χ0v) is 11.9. The fourth-order valence-corrected chi connectivity index (χ4v) is 2.48. The molecule has 100 valence electrons. The molecule has 1 aliphatic heterocycles. The maximum Gasteiger partial charge on any atom is 0.266 e. The molecule has 0 spiro atoms. The average molecular weight is 286 g/mol. The van der Waals surface area contributed by atoms with Crippen LogP contribution in [0, 0.1) is 13.8 Å². The van der Waals surface area contributed by atoms with Gasteiger partial charge in [0.1, 0.15) is 0 Å². The molecule has 3 rings (SSSR count). The lowest BCUT2D eigenvalue weighted by molar-refractivity contribution is 0.0926. The van der Waals surface area contributed by atoms with Crippen molar-refractivity contribution in [2.24, 2.45) is 0 Å². The first-order valence-electron chi connectivity index (χ1n) is 6.24. The van der Waals surface area contributed by atoms with E-state index in [1.54, 1.807) is 30.3 Å². The molecular weight excluding hydrogens is 274 g/mol. The van der Waals surface area contributed by atoms with Crippen molar-refractivity contribution in [1.82, 2.24) is 0 Å². The van der Waals surface area contributed by atoms with Crippen LogP contribution in [-0.4, -0.2) is 11.8 Å². The Kier molecular flexibility index (Phi) is 2.87. The van der Waals surface area contributed by atoms with Gasteiger partial charge in [-0.1, -0.05) is 29.3 Å². The Hall–Kier alpha value is -2.13. The number of fused-ring (bicyclic) bond motifs is 1. The quantitative estimate of drug-likeness (QED) is 0.748. The minimum atomic E-state index is -0.301. The van der Waals surface area contributed by atoms with Gasteiger partial charge in [-0.2, -0.15) is 0 Å². The number of amides is 2. The van der Waals surface area contributed by atoms with Crippen molar-refractivity contribution in [3.63, 3.8) is 0 Å². The van der Waals surface area contributed by atoms with Crippen LogP contribution >= 0.6 is 11.6 Å². The summed E-state index contributed by atoms with van der Waals surface area (Å²) in [5, 5.41) is 0.537. The second kappa shape index (κ2) is 4.46. The first-order chi connectivity index (χ1) is 9.49. The number of rotatable bonds is 1. The van der Waals surface area contributed by atoms with Gasteiger partial charge >= 0.3 is 0 Å². The Bertz CT molecular complexity index is 752. The number of anilines is 1. The molecule has 0 aliphatic carbocycles. The van der Waals surface area contributed by atoms with Crippen molar-refractivity contribution in [2.75, 3.05) is 4.90 Å². The van der Waals surface area contributed by atoms with E-state index in [0.717, 1.165) is 11.1 Å². The monoisotopic (exact) mass is 285 g/mol. The number of imide groups is 1. The summed E-state index contributed by atoms with van der Waals surface area (Å²) >= 11 is 6.07. The summed E-state index contributed by atoms with van der Waals surface area (Å²) in [6, 6.07) is 10.4. The minimum Gasteiger partial charge on any atom is -0.268 e. The highest BCUT2D eigenvalue weighted by Gasteiger charge is 2.36. The van der Waals surface area contributed by atoms with Crippen LogP contribution in [0.4, 0.5) is 5.69 Å². The summed E-state index contributed by atoms with van der Waals surface area (Å²) in [5.74, 6) is -0.599. The molecule has 3 nitrogen and oxygen atoms in total. The van der Waals surface area contributed by atoms with Gasteiger partial charge in [0.15, 0.2) is 0 Å². The molecule has 0 aromatic heterocycles. The molecule has 0 N–H and O–H groups in total. The van der Waals surface area contributed by atoms with Crippen LogP contribution < -0.4 is 4.90 Å². The van der Waals surface area contributed by atoms with Gasteiger partial charge in [-0.3, -0.25) is 9.59 Å². The number of benzene rings is 2. The van der Waals surface area contributed by atoms with Crippen LogP contribution in [0.2, 0.25) is 5.02 Å². The van der Waals surface area contributed by atoms with Gasteiger partial charge in [0.2, 0.25) is 0 Å². The summed E-state index contributed by atoms with van der Waals surface area (Å²) < 4.78 is 0. The second-order valence-electron chi connectivity index (χ2n) is 4.93. The molecule has 0 unspecified atom stereocenters. The van der Waals surface area contributed by atoms with Crippen LogP contribution in [0.3, 0.4) is 0 Å². The fraction of sp³-hybridized carbons (Fsp3) is 0.125. The largest absolute Gasteiger partial charge is 0.268 e. The third-order valence-electron chi connectivity index (χ3n) is 3.46. The Morgan fingerprint density at radius 1 is 0.900 bits per heavy atom. The molecule has 2 aromatic carbocycles. The Labute approximate surface area is 121 Å². The fourth-order valence-electron chi connectivity index (χ4n) is 2.31. The van der Waals surface area contributed by atoms with Gasteiger partial charge in [-0.15, -0.1) is 0 Å². The summed E-state index contributed by atoms with van der Waals surface area (Å²) in [6.07, 6.45) is 0. The lowest BCUT2D eigenvalue weighted by atomic mass is 10.1. The summed E-state index contributed by atoms with van der Waals surface area (Å²) in [6.45, 7) is 3.77. The smallest absolute Gasteiger partial charge is 0.266 e. The number of hydrogen-bond donors (Lipinski definition) is 0. The van der Waals surface area contributed by atoms with Crippen LogP contribution in [-0.2, 0) is 0 Å². The number of halogens is 1. The van der Waals surface area contributed by atoms with Gasteiger partial charge in [0.25, 0.3) is 11.8 Å². The van der Waals surface area contributed by atoms with Gasteiger partial charge in [-0.05, 0) is 43.7 Å². The number of hydrogen-bond acceptors (Lipinski definition) is 2. The van der Waals surface area contributed by atoms with Crippen molar-refractivity contribution in [3.05, 3.63) is 63.7 Å². The standard InChI is InChI=1S/C16H12ClNO2/c1-9-3-6-12-13(7-9)16(20)18(15(12)19)11-5-4-10(2)14(17)8-11/h3-8H,1-2H3. The first-order valence-corrected chi connectivity index (χ1v) is 6.62. The third kappa shape index (κ3) is 1.82. The minimum absolute atomic E-state index is 0.298. The van der Waals surface area contributed by atoms with E-state index in [1.165, 1.54) is 4.90 Å². The van der Waals surface area contributed by atoms with Gasteiger partial charge in [0.05, 0.1) is 16.8 Å². The number of nitrogens with zero attached hydrogens (tertiary/aromatic N) is 1. The van der Waals surface area contributed by atoms with E-state index in [4.69, 9.17) is 11.6 Å². The van der Waals surface area contributed by atoms with E-state index < -0.39 is 0 Å². The molecule has 20 heavy (non-hydrogen) atoms. The second-order valence-corrected chi connectivity index (χ2v) is 5.34. The van der Waals surface area contributed by atoms with E-state index in [9.17, 15) is 9.59 Å². The predicted octanol–water partition coefficient (Wildman–Crippen LogP) is 3.76. The number of aryl methyl sites for hydroxylation is 2. The van der Waals surface area contributed by atoms with E-state index in [2.05, 4.69) is 0 Å². The van der Waals surface area contributed by atoms with Crippen molar-refractivity contribution in [3.8, 4) is 0 Å². The zero-order valence-electron chi connectivity index (χ0n) is 11.1. The van der Waals surface area contributed by atoms with E-state index in [0.29, 0.717) is 21.8 Å². The average Bonchev–Trinajstić information content (AvgIpc) is 2.65. The Morgan fingerprint density at radius 2 is 1.60 bits per heavy atom. The van der Waals surface area contributed by atoms with Crippen molar-refractivity contribution < 1.29 is 9.59 Å². The molecule has 0 saturated heterocycles. The Balaban J connectivity index is 2.11. The van der Waals surface area contributed by atoms with Crippen LogP contribution in [0.15, 0.2) is 36.4 Å². The molecule has 0 radical (unpaired) electrons. The summed E-state index contributed by atoms with van der Waals surface area (Å²) in [4.78, 5) is 26.0. The molecule has 2 aromatic rings. The highest BCUT2D eigenvalue weighted by Crippen LogP contribution is 2.31. The highest BCUT2D eigenvalue weighted by atomic mass is 35.5. The predicted molar refractivity (Wildman–Crippen MR) is 78.5 cm³/mol. The molecule has 1 aliphatic rings. The number of carbonyl (C=O) groups excluding carboxylic acids is 2.